The zero-order valence-electron chi connectivity index (χ0n) is 21.0. The topological polar surface area (TPSA) is 191 Å². The van der Waals surface area contributed by atoms with E-state index in [4.69, 9.17) is 5.11 Å². The summed E-state index contributed by atoms with van der Waals surface area (Å²) < 4.78 is 13.1. The molecule has 0 unspecified atom stereocenters. The Morgan fingerprint density at radius 1 is 1.05 bits per heavy atom. The number of carboxylic acid groups (broad SMARTS) is 1. The largest absolute Gasteiger partial charge is 0.465 e. The van der Waals surface area contributed by atoms with E-state index < -0.39 is 37.7 Å². The number of aryl methyl sites for hydroxylation is 1. The molecule has 14 nitrogen and oxygen atoms in total. The van der Waals surface area contributed by atoms with Crippen molar-refractivity contribution in [3.8, 4) is 17.2 Å². The summed E-state index contributed by atoms with van der Waals surface area (Å²) in [5.74, 6) is -0.755. The van der Waals surface area contributed by atoms with Crippen LogP contribution in [0.5, 0.6) is 0 Å². The van der Waals surface area contributed by atoms with Crippen molar-refractivity contribution in [1.82, 2.24) is 34.9 Å². The zero-order chi connectivity index (χ0) is 28.2. The molecule has 15 heteroatoms. The van der Waals surface area contributed by atoms with Crippen molar-refractivity contribution >= 4 is 25.5 Å². The maximum Gasteiger partial charge on any atom is 0.407 e. The zero-order valence-corrected chi connectivity index (χ0v) is 21.9. The van der Waals surface area contributed by atoms with Crippen LogP contribution in [-0.4, -0.2) is 101 Å². The summed E-state index contributed by atoms with van der Waals surface area (Å²) in [6, 6.07) is 9.10. The van der Waals surface area contributed by atoms with Crippen LogP contribution in [0, 0.1) is 6.92 Å². The first-order valence-electron chi connectivity index (χ1n) is 12.1. The summed E-state index contributed by atoms with van der Waals surface area (Å²) in [4.78, 5) is 68.1. The number of nitrogens with zero attached hydrogens (tertiary/aromatic N) is 6. The Labute approximate surface area is 223 Å². The molecule has 4 N–H and O–H groups in total. The highest BCUT2D eigenvalue weighted by atomic mass is 31.2. The molecule has 39 heavy (non-hydrogen) atoms. The molecule has 206 valence electrons. The predicted octanol–water partition coefficient (Wildman–Crippen LogP) is 1.13. The molecule has 1 saturated heterocycles. The number of carbonyl (C=O) groups excluding carboxylic acids is 2. The first kappa shape index (κ1) is 27.9. The second kappa shape index (κ2) is 11.7. The Morgan fingerprint density at radius 3 is 2.31 bits per heavy atom. The van der Waals surface area contributed by atoms with E-state index in [9.17, 15) is 28.7 Å². The maximum atomic E-state index is 13.4. The molecule has 3 aromatic rings. The SMILES string of the molecule is Cc1cnn(-c2cc(C(=O)N[C@@H](CCP(=O)(O)O)C(=O)N3CCN(C(=O)O)CC3)nc(-c3ccccc3)n2)c1. The number of nitrogens with one attached hydrogen (secondary N) is 1. The van der Waals surface area contributed by atoms with Crippen LogP contribution in [0.4, 0.5) is 4.79 Å². The Bertz CT molecular complexity index is 1400. The number of hydrogen-bond donors (Lipinski definition) is 4. The van der Waals surface area contributed by atoms with Crippen molar-refractivity contribution in [1.29, 1.82) is 0 Å². The molecule has 0 radical (unpaired) electrons. The van der Waals surface area contributed by atoms with Crippen LogP contribution in [0.1, 0.15) is 22.5 Å². The summed E-state index contributed by atoms with van der Waals surface area (Å²) in [7, 11) is -4.48. The fourth-order valence-electron chi connectivity index (χ4n) is 4.05. The van der Waals surface area contributed by atoms with Gasteiger partial charge >= 0.3 is 13.7 Å². The molecule has 1 fully saturated rings. The molecule has 2 aromatic heterocycles. The Kier molecular flexibility index (Phi) is 8.38. The molecule has 1 aliphatic heterocycles. The number of benzene rings is 1. The predicted molar refractivity (Wildman–Crippen MR) is 138 cm³/mol. The molecule has 3 amide bonds. The fraction of sp³-hybridized carbons (Fsp3) is 0.333. The van der Waals surface area contributed by atoms with Gasteiger partial charge in [0.1, 0.15) is 11.7 Å². The lowest BCUT2D eigenvalue weighted by atomic mass is 10.1. The molecule has 3 heterocycles. The number of carbonyl (C=O) groups is 3. The van der Waals surface area contributed by atoms with Crippen molar-refractivity contribution in [2.24, 2.45) is 0 Å². The standard InChI is InChI=1S/C24H28N7O7P/c1-16-14-25-31(15-16)20-13-19(26-21(28-20)17-5-3-2-4-6-17)22(32)27-18(7-12-39(36,37)38)23(33)29-8-10-30(11-9-29)24(34)35/h2-6,13-15,18H,7-12H2,1H3,(H,27,32)(H,34,35)(H2,36,37,38)/t18-/m0/s1. The molecule has 0 spiro atoms. The normalized spacial score (nSPS) is 14.6. The monoisotopic (exact) mass is 557 g/mol. The number of hydrogen-bond acceptors (Lipinski definition) is 7. The third-order valence-electron chi connectivity index (χ3n) is 6.10. The lowest BCUT2D eigenvalue weighted by molar-refractivity contribution is -0.134. The molecule has 0 bridgehead atoms. The Hall–Kier alpha value is -4.13. The molecule has 4 rings (SSSR count). The van der Waals surface area contributed by atoms with E-state index in [1.54, 1.807) is 36.7 Å². The second-order valence-corrected chi connectivity index (χ2v) is 10.8. The number of rotatable bonds is 8. The molecule has 0 aliphatic carbocycles. The van der Waals surface area contributed by atoms with Crippen LogP contribution < -0.4 is 5.32 Å². The van der Waals surface area contributed by atoms with Crippen molar-refractivity contribution in [2.75, 3.05) is 32.3 Å². The van der Waals surface area contributed by atoms with E-state index in [-0.39, 0.29) is 44.1 Å². The van der Waals surface area contributed by atoms with E-state index >= 15 is 0 Å². The first-order chi connectivity index (χ1) is 18.5. The second-order valence-electron chi connectivity index (χ2n) is 9.06. The Morgan fingerprint density at radius 2 is 1.72 bits per heavy atom. The summed E-state index contributed by atoms with van der Waals surface area (Å²) in [5.41, 5.74) is 1.44. The van der Waals surface area contributed by atoms with Crippen molar-refractivity contribution in [3.05, 3.63) is 60.0 Å². The van der Waals surface area contributed by atoms with E-state index in [1.165, 1.54) is 15.6 Å². The van der Waals surface area contributed by atoms with Crippen LogP contribution in [0.2, 0.25) is 0 Å². The first-order valence-corrected chi connectivity index (χ1v) is 13.9. The lowest BCUT2D eigenvalue weighted by Crippen LogP contribution is -2.56. The highest BCUT2D eigenvalue weighted by Crippen LogP contribution is 2.35. The number of aromatic nitrogens is 4. The van der Waals surface area contributed by atoms with Crippen molar-refractivity contribution in [2.45, 2.75) is 19.4 Å². The van der Waals surface area contributed by atoms with E-state index in [0.717, 1.165) is 10.5 Å². The maximum absolute atomic E-state index is 13.4. The summed E-state index contributed by atoms with van der Waals surface area (Å²) in [6.07, 6.45) is 1.30. The highest BCUT2D eigenvalue weighted by Gasteiger charge is 2.32. The van der Waals surface area contributed by atoms with Gasteiger partial charge in [-0.3, -0.25) is 14.2 Å². The molecular formula is C24H28N7O7P. The lowest BCUT2D eigenvalue weighted by Gasteiger charge is -2.35. The van der Waals surface area contributed by atoms with Gasteiger partial charge in [-0.2, -0.15) is 5.10 Å². The van der Waals surface area contributed by atoms with Crippen LogP contribution >= 0.6 is 7.60 Å². The van der Waals surface area contributed by atoms with Crippen LogP contribution in [0.25, 0.3) is 17.2 Å². The Balaban J connectivity index is 1.62. The van der Waals surface area contributed by atoms with Gasteiger partial charge in [0, 0.05) is 44.0 Å². The molecule has 0 saturated carbocycles. The smallest absolute Gasteiger partial charge is 0.407 e. The average Bonchev–Trinajstić information content (AvgIpc) is 3.36. The molecule has 1 aromatic carbocycles. The highest BCUT2D eigenvalue weighted by molar-refractivity contribution is 7.51. The van der Waals surface area contributed by atoms with Gasteiger partial charge in [-0.15, -0.1) is 0 Å². The summed E-state index contributed by atoms with van der Waals surface area (Å²) >= 11 is 0. The van der Waals surface area contributed by atoms with E-state index in [0.29, 0.717) is 11.4 Å². The van der Waals surface area contributed by atoms with Crippen molar-refractivity contribution < 1.29 is 33.8 Å². The molecule has 1 aliphatic rings. The minimum atomic E-state index is -4.48. The van der Waals surface area contributed by atoms with Gasteiger partial charge in [-0.1, -0.05) is 30.3 Å². The van der Waals surface area contributed by atoms with Crippen molar-refractivity contribution in [3.63, 3.8) is 0 Å². The van der Waals surface area contributed by atoms with Gasteiger partial charge in [0.2, 0.25) is 5.91 Å². The summed E-state index contributed by atoms with van der Waals surface area (Å²) in [6.45, 7) is 2.19. The van der Waals surface area contributed by atoms with E-state index in [2.05, 4.69) is 20.4 Å². The molecule has 1 atom stereocenters. The number of piperazine rings is 1. The van der Waals surface area contributed by atoms with Gasteiger partial charge in [0.25, 0.3) is 5.91 Å². The van der Waals surface area contributed by atoms with Gasteiger partial charge in [0.15, 0.2) is 11.6 Å². The quantitative estimate of drug-likeness (QED) is 0.292. The fourth-order valence-corrected chi connectivity index (χ4v) is 4.64. The summed E-state index contributed by atoms with van der Waals surface area (Å²) in [5, 5.41) is 16.0. The molecular weight excluding hydrogens is 529 g/mol. The van der Waals surface area contributed by atoms with Gasteiger partial charge in [-0.25, -0.2) is 19.4 Å². The third kappa shape index (κ3) is 7.25. The van der Waals surface area contributed by atoms with Crippen LogP contribution in [0.3, 0.4) is 0 Å². The average molecular weight is 558 g/mol. The number of amides is 3. The van der Waals surface area contributed by atoms with Crippen LogP contribution in [0.15, 0.2) is 48.8 Å². The van der Waals surface area contributed by atoms with Crippen LogP contribution in [-0.2, 0) is 9.36 Å². The minimum Gasteiger partial charge on any atom is -0.465 e. The van der Waals surface area contributed by atoms with E-state index in [1.807, 2.05) is 13.0 Å². The minimum absolute atomic E-state index is 0.0725. The van der Waals surface area contributed by atoms with Gasteiger partial charge in [0.05, 0.1) is 12.4 Å². The third-order valence-corrected chi connectivity index (χ3v) is 6.94. The van der Waals surface area contributed by atoms with Gasteiger partial charge < -0.3 is 30.0 Å². The van der Waals surface area contributed by atoms with Gasteiger partial charge in [-0.05, 0) is 18.9 Å².